The number of ketones is 2. The average Bonchev–Trinajstić information content (AvgIpc) is 2.72. The molecule has 1 aromatic carbocycles. The third-order valence-electron chi connectivity index (χ3n) is 5.30. The van der Waals surface area contributed by atoms with Crippen molar-refractivity contribution in [1.82, 2.24) is 9.97 Å². The van der Waals surface area contributed by atoms with Crippen molar-refractivity contribution in [3.05, 3.63) is 35.4 Å². The van der Waals surface area contributed by atoms with E-state index in [1.807, 2.05) is 13.0 Å². The predicted octanol–water partition coefficient (Wildman–Crippen LogP) is 3.66. The molecule has 31 heavy (non-hydrogen) atoms. The van der Waals surface area contributed by atoms with Crippen molar-refractivity contribution in [2.24, 2.45) is 0 Å². The summed E-state index contributed by atoms with van der Waals surface area (Å²) >= 11 is 0. The summed E-state index contributed by atoms with van der Waals surface area (Å²) in [5.74, 6) is -0.553. The molecule has 0 bridgehead atoms. The molecule has 2 aromatic rings. The fourth-order valence-electron chi connectivity index (χ4n) is 3.82. The van der Waals surface area contributed by atoms with Gasteiger partial charge in [-0.2, -0.15) is 9.97 Å². The molecular formula is C23H28N2O6. The number of rotatable bonds is 6. The summed E-state index contributed by atoms with van der Waals surface area (Å²) in [6.07, 6.45) is 0.656. The fraction of sp³-hybridized carbons (Fsp3) is 0.478. The number of nitrogens with zero attached hydrogens (tertiary/aromatic N) is 2. The summed E-state index contributed by atoms with van der Waals surface area (Å²) in [4.78, 5) is 34.6. The van der Waals surface area contributed by atoms with Crippen molar-refractivity contribution < 1.29 is 28.5 Å². The topological polar surface area (TPSA) is 96.8 Å². The molecule has 0 amide bonds. The molecule has 8 heteroatoms. The Morgan fingerprint density at radius 1 is 0.935 bits per heavy atom. The number of benzene rings is 1. The normalized spacial score (nSPS) is 18.0. The zero-order valence-electron chi connectivity index (χ0n) is 18.9. The van der Waals surface area contributed by atoms with E-state index in [4.69, 9.17) is 18.9 Å². The third kappa shape index (κ3) is 4.39. The number of aromatic nitrogens is 2. The van der Waals surface area contributed by atoms with Gasteiger partial charge in [0.2, 0.25) is 11.8 Å². The van der Waals surface area contributed by atoms with Crippen LogP contribution in [0.1, 0.15) is 51.7 Å². The first-order valence-corrected chi connectivity index (χ1v) is 10.1. The number of hydrogen-bond donors (Lipinski definition) is 0. The van der Waals surface area contributed by atoms with Gasteiger partial charge in [0, 0.05) is 0 Å². The first-order valence-electron chi connectivity index (χ1n) is 10.1. The Bertz CT molecular complexity index is 967. The van der Waals surface area contributed by atoms with Gasteiger partial charge in [0.25, 0.3) is 0 Å². The monoisotopic (exact) mass is 428 g/mol. The Balaban J connectivity index is 2.05. The van der Waals surface area contributed by atoms with E-state index >= 15 is 0 Å². The van der Waals surface area contributed by atoms with Crippen molar-refractivity contribution in [3.8, 4) is 23.5 Å². The van der Waals surface area contributed by atoms with Crippen LogP contribution in [0.5, 0.6) is 23.5 Å². The number of methoxy groups -OCH3 is 2. The average molecular weight is 428 g/mol. The van der Waals surface area contributed by atoms with Crippen LogP contribution in [-0.4, -0.2) is 47.0 Å². The standard InChI is InChI=1S/C23H28N2O6/c1-8-13-9-10-14(30-17-12-16(28-6)24-21(25-17)29-7)11-15(13)18-19(26)22(2,3)31-23(4,5)20(18)27/h9-12,18H,8H2,1-7H3. The maximum atomic E-state index is 13.2. The molecule has 3 rings (SSSR count). The van der Waals surface area contributed by atoms with Gasteiger partial charge >= 0.3 is 6.01 Å². The molecule has 1 fully saturated rings. The second-order valence-electron chi connectivity index (χ2n) is 8.34. The van der Waals surface area contributed by atoms with Gasteiger partial charge in [0.05, 0.1) is 20.3 Å². The van der Waals surface area contributed by atoms with E-state index in [2.05, 4.69) is 9.97 Å². The van der Waals surface area contributed by atoms with Crippen LogP contribution in [0.4, 0.5) is 0 Å². The Morgan fingerprint density at radius 2 is 1.55 bits per heavy atom. The van der Waals surface area contributed by atoms with E-state index in [9.17, 15) is 9.59 Å². The van der Waals surface area contributed by atoms with Crippen LogP contribution in [-0.2, 0) is 20.7 Å². The minimum Gasteiger partial charge on any atom is -0.481 e. The number of hydrogen-bond acceptors (Lipinski definition) is 8. The van der Waals surface area contributed by atoms with E-state index in [-0.39, 0.29) is 29.3 Å². The highest BCUT2D eigenvalue weighted by atomic mass is 16.5. The lowest BCUT2D eigenvalue weighted by Gasteiger charge is -2.43. The quantitative estimate of drug-likeness (QED) is 0.643. The van der Waals surface area contributed by atoms with E-state index in [1.54, 1.807) is 39.8 Å². The minimum absolute atomic E-state index is 0.0954. The maximum Gasteiger partial charge on any atom is 0.322 e. The zero-order chi connectivity index (χ0) is 23.0. The summed E-state index contributed by atoms with van der Waals surface area (Å²) < 4.78 is 21.9. The number of aryl methyl sites for hydroxylation is 1. The van der Waals surface area contributed by atoms with E-state index in [0.29, 0.717) is 17.7 Å². The van der Waals surface area contributed by atoms with E-state index in [0.717, 1.165) is 5.56 Å². The van der Waals surface area contributed by atoms with Crippen LogP contribution < -0.4 is 14.2 Å². The van der Waals surface area contributed by atoms with Crippen molar-refractivity contribution in [1.29, 1.82) is 0 Å². The van der Waals surface area contributed by atoms with Gasteiger partial charge in [-0.25, -0.2) is 0 Å². The third-order valence-corrected chi connectivity index (χ3v) is 5.30. The Kier molecular flexibility index (Phi) is 6.04. The van der Waals surface area contributed by atoms with Gasteiger partial charge in [0.1, 0.15) is 22.9 Å². The number of carbonyl (C=O) groups excluding carboxylic acids is 2. The fourth-order valence-corrected chi connectivity index (χ4v) is 3.82. The molecule has 1 aliphatic rings. The van der Waals surface area contributed by atoms with Gasteiger partial charge < -0.3 is 18.9 Å². The summed E-state index contributed by atoms with van der Waals surface area (Å²) in [6.45, 7) is 8.76. The maximum absolute atomic E-state index is 13.2. The number of carbonyl (C=O) groups is 2. The molecule has 0 N–H and O–H groups in total. The second-order valence-corrected chi connectivity index (χ2v) is 8.34. The highest BCUT2D eigenvalue weighted by Crippen LogP contribution is 2.41. The van der Waals surface area contributed by atoms with Crippen molar-refractivity contribution in [2.45, 2.75) is 58.2 Å². The van der Waals surface area contributed by atoms with E-state index < -0.39 is 17.1 Å². The summed E-state index contributed by atoms with van der Waals surface area (Å²) in [6, 6.07) is 6.97. The molecule has 0 atom stereocenters. The largest absolute Gasteiger partial charge is 0.481 e. The molecule has 1 aliphatic heterocycles. The molecule has 1 aromatic heterocycles. The van der Waals surface area contributed by atoms with Crippen LogP contribution in [0.2, 0.25) is 0 Å². The van der Waals surface area contributed by atoms with Gasteiger partial charge in [-0.15, -0.1) is 0 Å². The Morgan fingerprint density at radius 3 is 2.10 bits per heavy atom. The minimum atomic E-state index is -1.09. The van der Waals surface area contributed by atoms with Gasteiger partial charge in [-0.05, 0) is 57.4 Å². The molecule has 0 saturated carbocycles. The Labute approximate surface area is 181 Å². The number of Topliss-reactive ketones (excluding diaryl/α,β-unsaturated/α-hetero) is 2. The molecule has 0 unspecified atom stereocenters. The highest BCUT2D eigenvalue weighted by Gasteiger charge is 2.53. The lowest BCUT2D eigenvalue weighted by Crippen LogP contribution is -2.58. The summed E-state index contributed by atoms with van der Waals surface area (Å²) in [7, 11) is 2.92. The zero-order valence-corrected chi connectivity index (χ0v) is 18.9. The lowest BCUT2D eigenvalue weighted by molar-refractivity contribution is -0.184. The molecule has 0 radical (unpaired) electrons. The van der Waals surface area contributed by atoms with Crippen LogP contribution >= 0.6 is 0 Å². The molecule has 0 aliphatic carbocycles. The van der Waals surface area contributed by atoms with Crippen molar-refractivity contribution >= 4 is 11.6 Å². The van der Waals surface area contributed by atoms with Gasteiger partial charge in [-0.1, -0.05) is 13.0 Å². The van der Waals surface area contributed by atoms with Crippen LogP contribution in [0.3, 0.4) is 0 Å². The predicted molar refractivity (Wildman–Crippen MR) is 113 cm³/mol. The van der Waals surface area contributed by atoms with E-state index in [1.165, 1.54) is 20.3 Å². The van der Waals surface area contributed by atoms with Crippen molar-refractivity contribution in [2.75, 3.05) is 14.2 Å². The first-order chi connectivity index (χ1) is 14.5. The molecule has 2 heterocycles. The highest BCUT2D eigenvalue weighted by molar-refractivity contribution is 6.15. The summed E-state index contributed by atoms with van der Waals surface area (Å²) in [5, 5.41) is 0. The molecule has 0 spiro atoms. The molecule has 1 saturated heterocycles. The first kappa shape index (κ1) is 22.7. The van der Waals surface area contributed by atoms with Crippen LogP contribution in [0, 0.1) is 0 Å². The second kappa shape index (κ2) is 8.26. The Hall–Kier alpha value is -3.00. The lowest BCUT2D eigenvalue weighted by atomic mass is 9.73. The number of ether oxygens (including phenoxy) is 4. The van der Waals surface area contributed by atoms with Crippen LogP contribution in [0.25, 0.3) is 0 Å². The summed E-state index contributed by atoms with van der Waals surface area (Å²) in [5.41, 5.74) is -0.660. The van der Waals surface area contributed by atoms with Crippen LogP contribution in [0.15, 0.2) is 24.3 Å². The SMILES string of the molecule is CCc1ccc(Oc2cc(OC)nc(OC)n2)cc1C1C(=O)C(C)(C)OC(C)(C)C1=O. The molecule has 8 nitrogen and oxygen atoms in total. The molecular weight excluding hydrogens is 400 g/mol. The molecule has 166 valence electrons. The smallest absolute Gasteiger partial charge is 0.322 e. The van der Waals surface area contributed by atoms with Gasteiger partial charge in [0.15, 0.2) is 11.6 Å². The van der Waals surface area contributed by atoms with Crippen molar-refractivity contribution in [3.63, 3.8) is 0 Å². The van der Waals surface area contributed by atoms with Gasteiger partial charge in [-0.3, -0.25) is 9.59 Å².